The molecule has 1 N–H and O–H groups in total. The van der Waals surface area contributed by atoms with Crippen LogP contribution in [0.3, 0.4) is 0 Å². The molecule has 0 aromatic heterocycles. The SMILES string of the molecule is N#Cc1cccc(Oc2ccc(Br)cc2CO)c1. The highest BCUT2D eigenvalue weighted by atomic mass is 79.9. The van der Waals surface area contributed by atoms with Gasteiger partial charge in [0.1, 0.15) is 11.5 Å². The first-order valence-electron chi connectivity index (χ1n) is 5.30. The van der Waals surface area contributed by atoms with Crippen molar-refractivity contribution in [1.29, 1.82) is 5.26 Å². The second-order valence-electron chi connectivity index (χ2n) is 3.65. The number of aliphatic hydroxyl groups is 1. The van der Waals surface area contributed by atoms with Crippen molar-refractivity contribution in [3.05, 3.63) is 58.1 Å². The molecule has 2 rings (SSSR count). The van der Waals surface area contributed by atoms with E-state index in [1.807, 2.05) is 6.07 Å². The van der Waals surface area contributed by atoms with Crippen molar-refractivity contribution in [2.24, 2.45) is 0 Å². The van der Waals surface area contributed by atoms with Crippen LogP contribution in [0.25, 0.3) is 0 Å². The van der Waals surface area contributed by atoms with E-state index in [4.69, 9.17) is 10.00 Å². The van der Waals surface area contributed by atoms with Crippen molar-refractivity contribution in [3.63, 3.8) is 0 Å². The lowest BCUT2D eigenvalue weighted by Gasteiger charge is -2.10. The maximum atomic E-state index is 9.27. The largest absolute Gasteiger partial charge is 0.457 e. The fourth-order valence-electron chi connectivity index (χ4n) is 1.53. The minimum absolute atomic E-state index is 0.104. The van der Waals surface area contributed by atoms with E-state index in [0.717, 1.165) is 4.47 Å². The topological polar surface area (TPSA) is 53.2 Å². The molecule has 18 heavy (non-hydrogen) atoms. The van der Waals surface area contributed by atoms with Crippen LogP contribution in [0.1, 0.15) is 11.1 Å². The second kappa shape index (κ2) is 5.67. The first kappa shape index (κ1) is 12.6. The highest BCUT2D eigenvalue weighted by Gasteiger charge is 2.05. The Morgan fingerprint density at radius 2 is 2.06 bits per heavy atom. The predicted molar refractivity (Wildman–Crippen MR) is 71.3 cm³/mol. The van der Waals surface area contributed by atoms with E-state index in [1.165, 1.54) is 0 Å². The number of rotatable bonds is 3. The molecule has 90 valence electrons. The Kier molecular flexibility index (Phi) is 3.98. The van der Waals surface area contributed by atoms with Crippen molar-refractivity contribution >= 4 is 15.9 Å². The highest BCUT2D eigenvalue weighted by molar-refractivity contribution is 9.10. The Morgan fingerprint density at radius 1 is 1.22 bits per heavy atom. The number of aliphatic hydroxyl groups excluding tert-OH is 1. The van der Waals surface area contributed by atoms with Crippen LogP contribution in [0, 0.1) is 11.3 Å². The number of nitrogens with zero attached hydrogens (tertiary/aromatic N) is 1. The molecule has 0 spiro atoms. The molecule has 0 saturated heterocycles. The standard InChI is InChI=1S/C14H10BrNO2/c15-12-4-5-14(11(7-12)9-17)18-13-3-1-2-10(6-13)8-16/h1-7,17H,9H2. The van der Waals surface area contributed by atoms with Crippen LogP contribution in [0.15, 0.2) is 46.9 Å². The van der Waals surface area contributed by atoms with Crippen molar-refractivity contribution in [2.45, 2.75) is 6.61 Å². The van der Waals surface area contributed by atoms with Crippen molar-refractivity contribution < 1.29 is 9.84 Å². The van der Waals surface area contributed by atoms with Gasteiger partial charge in [-0.15, -0.1) is 0 Å². The molecule has 4 heteroatoms. The number of ether oxygens (including phenoxy) is 1. The molecule has 0 aliphatic carbocycles. The summed E-state index contributed by atoms with van der Waals surface area (Å²) in [5, 5.41) is 18.1. The van der Waals surface area contributed by atoms with Crippen LogP contribution in [0.5, 0.6) is 11.5 Å². The molecular formula is C14H10BrNO2. The molecule has 0 aliphatic heterocycles. The predicted octanol–water partition coefficient (Wildman–Crippen LogP) is 3.61. The monoisotopic (exact) mass is 303 g/mol. The van der Waals surface area contributed by atoms with Gasteiger partial charge in [-0.05, 0) is 36.4 Å². The fourth-order valence-corrected chi connectivity index (χ4v) is 1.94. The Bertz CT molecular complexity index is 605. The van der Waals surface area contributed by atoms with Gasteiger partial charge in [0.15, 0.2) is 0 Å². The minimum Gasteiger partial charge on any atom is -0.457 e. The zero-order valence-electron chi connectivity index (χ0n) is 9.43. The summed E-state index contributed by atoms with van der Waals surface area (Å²) in [6, 6.07) is 14.3. The van der Waals surface area contributed by atoms with E-state index in [0.29, 0.717) is 22.6 Å². The summed E-state index contributed by atoms with van der Waals surface area (Å²) in [5.41, 5.74) is 1.22. The summed E-state index contributed by atoms with van der Waals surface area (Å²) in [5.74, 6) is 1.15. The number of benzene rings is 2. The van der Waals surface area contributed by atoms with E-state index in [2.05, 4.69) is 22.0 Å². The van der Waals surface area contributed by atoms with Crippen LogP contribution in [-0.4, -0.2) is 5.11 Å². The maximum Gasteiger partial charge on any atom is 0.133 e. The lowest BCUT2D eigenvalue weighted by molar-refractivity contribution is 0.276. The molecule has 0 bridgehead atoms. The second-order valence-corrected chi connectivity index (χ2v) is 4.57. The normalized spacial score (nSPS) is 9.83. The van der Waals surface area contributed by atoms with E-state index in [1.54, 1.807) is 36.4 Å². The molecule has 2 aromatic rings. The Balaban J connectivity index is 2.31. The smallest absolute Gasteiger partial charge is 0.133 e. The summed E-state index contributed by atoms with van der Waals surface area (Å²) >= 11 is 3.34. The van der Waals surface area contributed by atoms with Crippen molar-refractivity contribution in [2.75, 3.05) is 0 Å². The molecule has 0 fully saturated rings. The first-order chi connectivity index (χ1) is 8.72. The van der Waals surface area contributed by atoms with Gasteiger partial charge in [0, 0.05) is 10.0 Å². The zero-order valence-corrected chi connectivity index (χ0v) is 11.0. The Morgan fingerprint density at radius 3 is 2.78 bits per heavy atom. The number of hydrogen-bond donors (Lipinski definition) is 1. The molecule has 0 amide bonds. The minimum atomic E-state index is -0.104. The van der Waals surface area contributed by atoms with Gasteiger partial charge in [-0.2, -0.15) is 5.26 Å². The van der Waals surface area contributed by atoms with Gasteiger partial charge in [-0.25, -0.2) is 0 Å². The van der Waals surface area contributed by atoms with Crippen LogP contribution in [0.4, 0.5) is 0 Å². The molecule has 0 radical (unpaired) electrons. The third kappa shape index (κ3) is 2.89. The fraction of sp³-hybridized carbons (Fsp3) is 0.0714. The molecule has 0 heterocycles. The molecule has 0 atom stereocenters. The Labute approximate surface area is 113 Å². The summed E-state index contributed by atoms with van der Waals surface area (Å²) in [7, 11) is 0. The number of halogens is 1. The number of nitriles is 1. The molecular weight excluding hydrogens is 294 g/mol. The van der Waals surface area contributed by atoms with E-state index < -0.39 is 0 Å². The average molecular weight is 304 g/mol. The Hall–Kier alpha value is -1.83. The zero-order chi connectivity index (χ0) is 13.0. The van der Waals surface area contributed by atoms with Gasteiger partial charge < -0.3 is 9.84 Å². The third-order valence-electron chi connectivity index (χ3n) is 2.38. The average Bonchev–Trinajstić information content (AvgIpc) is 2.41. The quantitative estimate of drug-likeness (QED) is 0.942. The first-order valence-corrected chi connectivity index (χ1v) is 6.09. The van der Waals surface area contributed by atoms with Crippen molar-refractivity contribution in [3.8, 4) is 17.6 Å². The van der Waals surface area contributed by atoms with Gasteiger partial charge >= 0.3 is 0 Å². The summed E-state index contributed by atoms with van der Waals surface area (Å²) < 4.78 is 6.55. The summed E-state index contributed by atoms with van der Waals surface area (Å²) in [4.78, 5) is 0. The van der Waals surface area contributed by atoms with Gasteiger partial charge in [0.2, 0.25) is 0 Å². The number of hydrogen-bond acceptors (Lipinski definition) is 3. The summed E-state index contributed by atoms with van der Waals surface area (Å²) in [6.07, 6.45) is 0. The van der Waals surface area contributed by atoms with Crippen LogP contribution >= 0.6 is 15.9 Å². The van der Waals surface area contributed by atoms with E-state index in [9.17, 15) is 5.11 Å². The summed E-state index contributed by atoms with van der Waals surface area (Å²) in [6.45, 7) is -0.104. The molecule has 3 nitrogen and oxygen atoms in total. The highest BCUT2D eigenvalue weighted by Crippen LogP contribution is 2.28. The van der Waals surface area contributed by atoms with Gasteiger partial charge in [-0.3, -0.25) is 0 Å². The lowest BCUT2D eigenvalue weighted by Crippen LogP contribution is -1.92. The third-order valence-corrected chi connectivity index (χ3v) is 2.88. The molecule has 0 aliphatic rings. The van der Waals surface area contributed by atoms with Gasteiger partial charge in [0.05, 0.1) is 18.2 Å². The molecule has 0 unspecified atom stereocenters. The maximum absolute atomic E-state index is 9.27. The van der Waals surface area contributed by atoms with Crippen LogP contribution in [-0.2, 0) is 6.61 Å². The molecule has 2 aromatic carbocycles. The molecule has 0 saturated carbocycles. The van der Waals surface area contributed by atoms with E-state index >= 15 is 0 Å². The lowest BCUT2D eigenvalue weighted by atomic mass is 10.2. The van der Waals surface area contributed by atoms with Crippen molar-refractivity contribution in [1.82, 2.24) is 0 Å². The van der Waals surface area contributed by atoms with Crippen LogP contribution < -0.4 is 4.74 Å². The van der Waals surface area contributed by atoms with Crippen LogP contribution in [0.2, 0.25) is 0 Å². The van der Waals surface area contributed by atoms with E-state index in [-0.39, 0.29) is 6.61 Å². The van der Waals surface area contributed by atoms with Gasteiger partial charge in [0.25, 0.3) is 0 Å². The van der Waals surface area contributed by atoms with Gasteiger partial charge in [-0.1, -0.05) is 22.0 Å².